The molecule has 3 heteroatoms. The molecule has 0 saturated carbocycles. The lowest BCUT2D eigenvalue weighted by Crippen LogP contribution is -2.15. The van der Waals surface area contributed by atoms with Crippen LogP contribution in [-0.4, -0.2) is 31.0 Å². The Bertz CT molecular complexity index is 186. The number of hydrogen-bond donors (Lipinski definition) is 1. The van der Waals surface area contributed by atoms with Crippen molar-refractivity contribution in [2.24, 2.45) is 0 Å². The Morgan fingerprint density at radius 1 is 1.67 bits per heavy atom. The van der Waals surface area contributed by atoms with Gasteiger partial charge in [0.1, 0.15) is 11.9 Å². The molecule has 0 radical (unpaired) electrons. The van der Waals surface area contributed by atoms with Crippen LogP contribution in [0.3, 0.4) is 0 Å². The fourth-order valence-corrected chi connectivity index (χ4v) is 1.09. The van der Waals surface area contributed by atoms with E-state index in [0.717, 1.165) is 0 Å². The van der Waals surface area contributed by atoms with Crippen LogP contribution in [0.15, 0.2) is 24.5 Å². The van der Waals surface area contributed by atoms with E-state index in [0.29, 0.717) is 12.2 Å². The van der Waals surface area contributed by atoms with Gasteiger partial charge in [-0.1, -0.05) is 12.7 Å². The van der Waals surface area contributed by atoms with Crippen molar-refractivity contribution in [1.82, 2.24) is 0 Å². The maximum Gasteiger partial charge on any atom is 0.133 e. The molecule has 0 unspecified atom stereocenters. The van der Waals surface area contributed by atoms with Crippen molar-refractivity contribution in [3.8, 4) is 0 Å². The van der Waals surface area contributed by atoms with E-state index >= 15 is 0 Å². The summed E-state index contributed by atoms with van der Waals surface area (Å²) in [4.78, 5) is 0. The zero-order chi connectivity index (χ0) is 8.97. The van der Waals surface area contributed by atoms with Gasteiger partial charge in [-0.25, -0.2) is 0 Å². The summed E-state index contributed by atoms with van der Waals surface area (Å²) in [6.07, 6.45) is 4.31. The van der Waals surface area contributed by atoms with E-state index in [1.54, 1.807) is 7.11 Å². The smallest absolute Gasteiger partial charge is 0.133 e. The van der Waals surface area contributed by atoms with Gasteiger partial charge in [-0.2, -0.15) is 0 Å². The molecule has 0 amide bonds. The standard InChI is InChI=1S/C9H14O3/c1-7(11-2)9-4-3-8(12-9)5-6-10/h3-4,8-10H,1,5-6H2,2H3/t8-,9+/m1/s1. The van der Waals surface area contributed by atoms with Gasteiger partial charge in [0.15, 0.2) is 0 Å². The third-order valence-corrected chi connectivity index (χ3v) is 1.82. The molecule has 0 bridgehead atoms. The summed E-state index contributed by atoms with van der Waals surface area (Å²) in [7, 11) is 1.57. The van der Waals surface area contributed by atoms with Gasteiger partial charge in [0.2, 0.25) is 0 Å². The molecule has 2 atom stereocenters. The minimum absolute atomic E-state index is 0.00639. The molecule has 0 fully saturated rings. The number of aliphatic hydroxyl groups excluding tert-OH is 1. The molecular formula is C9H14O3. The summed E-state index contributed by atoms with van der Waals surface area (Å²) in [6.45, 7) is 3.83. The first-order valence-corrected chi connectivity index (χ1v) is 3.95. The number of aliphatic hydroxyl groups is 1. The minimum Gasteiger partial charge on any atom is -0.499 e. The van der Waals surface area contributed by atoms with Gasteiger partial charge in [0.05, 0.1) is 13.2 Å². The van der Waals surface area contributed by atoms with Crippen LogP contribution in [0.1, 0.15) is 6.42 Å². The summed E-state index contributed by atoms with van der Waals surface area (Å²) in [5, 5.41) is 8.64. The molecule has 1 aliphatic rings. The average Bonchev–Trinajstić information content (AvgIpc) is 2.52. The second kappa shape index (κ2) is 4.28. The number of hydrogen-bond acceptors (Lipinski definition) is 3. The highest BCUT2D eigenvalue weighted by molar-refractivity contribution is 5.12. The first-order chi connectivity index (χ1) is 5.77. The lowest BCUT2D eigenvalue weighted by Gasteiger charge is -2.14. The van der Waals surface area contributed by atoms with Gasteiger partial charge >= 0.3 is 0 Å². The van der Waals surface area contributed by atoms with Crippen LogP contribution in [0, 0.1) is 0 Å². The molecule has 0 spiro atoms. The normalized spacial score (nSPS) is 27.5. The van der Waals surface area contributed by atoms with E-state index in [-0.39, 0.29) is 18.8 Å². The Labute approximate surface area is 72.3 Å². The minimum atomic E-state index is -0.147. The van der Waals surface area contributed by atoms with Gasteiger partial charge in [-0.05, 0) is 6.08 Å². The maximum atomic E-state index is 8.64. The molecule has 0 aromatic rings. The molecule has 12 heavy (non-hydrogen) atoms. The van der Waals surface area contributed by atoms with Crippen molar-refractivity contribution in [2.75, 3.05) is 13.7 Å². The van der Waals surface area contributed by atoms with E-state index in [2.05, 4.69) is 6.58 Å². The van der Waals surface area contributed by atoms with Gasteiger partial charge in [-0.15, -0.1) is 0 Å². The van der Waals surface area contributed by atoms with Crippen molar-refractivity contribution < 1.29 is 14.6 Å². The van der Waals surface area contributed by atoms with Crippen molar-refractivity contribution >= 4 is 0 Å². The van der Waals surface area contributed by atoms with E-state index in [1.807, 2.05) is 12.2 Å². The summed E-state index contributed by atoms with van der Waals surface area (Å²) in [6, 6.07) is 0. The lowest BCUT2D eigenvalue weighted by molar-refractivity contribution is 0.0368. The summed E-state index contributed by atoms with van der Waals surface area (Å²) in [5.74, 6) is 0.603. The molecule has 68 valence electrons. The lowest BCUT2D eigenvalue weighted by atomic mass is 10.2. The molecule has 3 nitrogen and oxygen atoms in total. The van der Waals surface area contributed by atoms with Crippen molar-refractivity contribution in [3.63, 3.8) is 0 Å². The van der Waals surface area contributed by atoms with E-state index in [4.69, 9.17) is 14.6 Å². The monoisotopic (exact) mass is 170 g/mol. The third-order valence-electron chi connectivity index (χ3n) is 1.82. The Balaban J connectivity index is 2.37. The molecule has 1 heterocycles. The van der Waals surface area contributed by atoms with Crippen LogP contribution in [0.4, 0.5) is 0 Å². The van der Waals surface area contributed by atoms with E-state index in [9.17, 15) is 0 Å². The number of methoxy groups -OCH3 is 1. The second-order valence-corrected chi connectivity index (χ2v) is 2.66. The van der Waals surface area contributed by atoms with Gasteiger partial charge < -0.3 is 14.6 Å². The SMILES string of the molecule is C=C(OC)[C@@H]1C=C[C@H](CCO)O1. The summed E-state index contributed by atoms with van der Waals surface area (Å²) >= 11 is 0. The van der Waals surface area contributed by atoms with Gasteiger partial charge in [0.25, 0.3) is 0 Å². The fraction of sp³-hybridized carbons (Fsp3) is 0.556. The van der Waals surface area contributed by atoms with Crippen LogP contribution in [0.5, 0.6) is 0 Å². The molecular weight excluding hydrogens is 156 g/mol. The quantitative estimate of drug-likeness (QED) is 0.502. The van der Waals surface area contributed by atoms with Crippen LogP contribution in [0.2, 0.25) is 0 Å². The first-order valence-electron chi connectivity index (χ1n) is 3.95. The maximum absolute atomic E-state index is 8.64. The Hall–Kier alpha value is -0.800. The van der Waals surface area contributed by atoms with Gasteiger partial charge in [-0.3, -0.25) is 0 Å². The Morgan fingerprint density at radius 3 is 3.00 bits per heavy atom. The Kier molecular flexibility index (Phi) is 3.31. The number of ether oxygens (including phenoxy) is 2. The molecule has 1 rings (SSSR count). The van der Waals surface area contributed by atoms with Crippen molar-refractivity contribution in [1.29, 1.82) is 0 Å². The van der Waals surface area contributed by atoms with E-state index in [1.165, 1.54) is 0 Å². The first kappa shape index (κ1) is 9.29. The zero-order valence-corrected chi connectivity index (χ0v) is 7.19. The van der Waals surface area contributed by atoms with Crippen LogP contribution >= 0.6 is 0 Å². The Morgan fingerprint density at radius 2 is 2.42 bits per heavy atom. The average molecular weight is 170 g/mol. The topological polar surface area (TPSA) is 38.7 Å². The largest absolute Gasteiger partial charge is 0.499 e. The summed E-state index contributed by atoms with van der Waals surface area (Å²) < 4.78 is 10.4. The fourth-order valence-electron chi connectivity index (χ4n) is 1.09. The van der Waals surface area contributed by atoms with Crippen molar-refractivity contribution in [3.05, 3.63) is 24.5 Å². The van der Waals surface area contributed by atoms with E-state index < -0.39 is 0 Å². The highest BCUT2D eigenvalue weighted by Crippen LogP contribution is 2.19. The number of rotatable bonds is 4. The highest BCUT2D eigenvalue weighted by Gasteiger charge is 2.21. The van der Waals surface area contributed by atoms with Crippen LogP contribution in [0.25, 0.3) is 0 Å². The molecule has 0 saturated heterocycles. The van der Waals surface area contributed by atoms with Gasteiger partial charge in [0, 0.05) is 13.0 Å². The second-order valence-electron chi connectivity index (χ2n) is 2.66. The molecule has 1 N–H and O–H groups in total. The molecule has 0 aromatic carbocycles. The molecule has 1 aliphatic heterocycles. The predicted octanol–water partition coefficient (Wildman–Crippen LogP) is 0.852. The van der Waals surface area contributed by atoms with Crippen LogP contribution < -0.4 is 0 Å². The predicted molar refractivity (Wildman–Crippen MR) is 45.7 cm³/mol. The zero-order valence-electron chi connectivity index (χ0n) is 7.19. The third kappa shape index (κ3) is 2.09. The van der Waals surface area contributed by atoms with Crippen molar-refractivity contribution in [2.45, 2.75) is 18.6 Å². The molecule has 0 aliphatic carbocycles. The summed E-state index contributed by atoms with van der Waals surface area (Å²) in [5.41, 5.74) is 0. The van der Waals surface area contributed by atoms with Crippen LogP contribution in [-0.2, 0) is 9.47 Å². The molecule has 0 aromatic heterocycles. The highest BCUT2D eigenvalue weighted by atomic mass is 16.5.